The van der Waals surface area contributed by atoms with E-state index in [0.717, 1.165) is 16.7 Å². The molecule has 0 aliphatic carbocycles. The fourth-order valence-corrected chi connectivity index (χ4v) is 5.38. The Kier molecular flexibility index (Phi) is 5.42. The van der Waals surface area contributed by atoms with Crippen LogP contribution in [0.5, 0.6) is 17.5 Å². The molecule has 5 rings (SSSR count). The van der Waals surface area contributed by atoms with Gasteiger partial charge in [0, 0.05) is 6.42 Å². The lowest BCUT2D eigenvalue weighted by Gasteiger charge is -2.26. The van der Waals surface area contributed by atoms with Gasteiger partial charge in [0.05, 0.1) is 51.8 Å². The van der Waals surface area contributed by atoms with Crippen LogP contribution < -0.4 is 4.74 Å². The monoisotopic (exact) mass is 514 g/mol. The van der Waals surface area contributed by atoms with Crippen LogP contribution in [-0.4, -0.2) is 32.5 Å². The van der Waals surface area contributed by atoms with Gasteiger partial charge in [-0.05, 0) is 62.2 Å². The summed E-state index contributed by atoms with van der Waals surface area (Å²) in [6.45, 7) is 1.87. The largest absolute Gasteiger partial charge is 0.494 e. The molecule has 3 N–H and O–H groups in total. The normalized spacial score (nSPS) is 22.0. The highest BCUT2D eigenvalue weighted by molar-refractivity contribution is 5.87. The number of aromatic carboxylic acids is 1. The van der Waals surface area contributed by atoms with Gasteiger partial charge >= 0.3 is 12.1 Å². The fourth-order valence-electron chi connectivity index (χ4n) is 5.38. The van der Waals surface area contributed by atoms with E-state index < -0.39 is 46.2 Å². The Morgan fingerprint density at radius 3 is 2.43 bits per heavy atom. The molecule has 1 aromatic heterocycles. The number of nitriles is 1. The average molecular weight is 514 g/mol. The van der Waals surface area contributed by atoms with Crippen molar-refractivity contribution in [2.45, 2.75) is 43.6 Å². The van der Waals surface area contributed by atoms with Crippen molar-refractivity contribution in [2.24, 2.45) is 0 Å². The molecule has 1 fully saturated rings. The lowest BCUT2D eigenvalue weighted by Crippen LogP contribution is -2.25. The van der Waals surface area contributed by atoms with E-state index in [1.807, 2.05) is 0 Å². The topological polar surface area (TPSA) is 125 Å². The molecule has 1 saturated heterocycles. The Hall–Kier alpha value is -4.17. The maximum absolute atomic E-state index is 13.5. The molecule has 3 heterocycles. The van der Waals surface area contributed by atoms with E-state index in [0.29, 0.717) is 29.7 Å². The zero-order chi connectivity index (χ0) is 26.8. The van der Waals surface area contributed by atoms with E-state index in [4.69, 9.17) is 19.8 Å². The number of alkyl halides is 3. The molecule has 2 atom stereocenters. The molecule has 8 nitrogen and oxygen atoms in total. The predicted molar refractivity (Wildman–Crippen MR) is 122 cm³/mol. The minimum absolute atomic E-state index is 0.111. The number of carbonyl (C=O) groups is 1. The molecule has 2 bridgehead atoms. The Morgan fingerprint density at radius 1 is 1.14 bits per heavy atom. The predicted octanol–water partition coefficient (Wildman–Crippen LogP) is 5.18. The highest BCUT2D eigenvalue weighted by Gasteiger charge is 2.61. The number of aromatic hydroxyl groups is 2. The summed E-state index contributed by atoms with van der Waals surface area (Å²) in [6.07, 6.45) is -3.56. The first-order valence-corrected chi connectivity index (χ1v) is 11.4. The third-order valence-corrected chi connectivity index (χ3v) is 7.09. The number of nitrogens with zero attached hydrogens (tertiary/aromatic N) is 2. The average Bonchev–Trinajstić information content (AvgIpc) is 3.43. The van der Waals surface area contributed by atoms with Crippen LogP contribution in [0.15, 0.2) is 42.5 Å². The van der Waals surface area contributed by atoms with Crippen LogP contribution in [0.3, 0.4) is 0 Å². The second kappa shape index (κ2) is 8.18. The van der Waals surface area contributed by atoms with Crippen LogP contribution in [0, 0.1) is 11.3 Å². The van der Waals surface area contributed by atoms with Crippen LogP contribution in [0.4, 0.5) is 13.2 Å². The summed E-state index contributed by atoms with van der Waals surface area (Å²) in [7, 11) is 0. The minimum atomic E-state index is -4.81. The van der Waals surface area contributed by atoms with Crippen molar-refractivity contribution in [3.8, 4) is 29.3 Å². The number of hydrogen-bond donors (Lipinski definition) is 3. The summed E-state index contributed by atoms with van der Waals surface area (Å²) in [6, 6.07) is 10.3. The summed E-state index contributed by atoms with van der Waals surface area (Å²) < 4.78 is 53.6. The van der Waals surface area contributed by atoms with E-state index in [2.05, 4.69) is 0 Å². The molecule has 0 radical (unpaired) electrons. The Bertz CT molecular complexity index is 1460. The van der Waals surface area contributed by atoms with Gasteiger partial charge in [-0.3, -0.25) is 4.57 Å². The molecule has 192 valence electrons. The van der Waals surface area contributed by atoms with Crippen LogP contribution in [0.25, 0.3) is 5.69 Å². The second-order valence-corrected chi connectivity index (χ2v) is 9.33. The van der Waals surface area contributed by atoms with E-state index in [1.165, 1.54) is 36.4 Å². The van der Waals surface area contributed by atoms with Crippen LogP contribution in [0.1, 0.15) is 58.8 Å². The number of benzene rings is 2. The molecule has 3 aromatic rings. The van der Waals surface area contributed by atoms with Crippen LogP contribution in [-0.2, 0) is 22.1 Å². The molecule has 2 aliphatic rings. The summed E-state index contributed by atoms with van der Waals surface area (Å²) in [5.74, 6) is -1.51. The summed E-state index contributed by atoms with van der Waals surface area (Å²) >= 11 is 0. The summed E-state index contributed by atoms with van der Waals surface area (Å²) in [5, 5.41) is 40.4. The molecule has 0 saturated carbocycles. The number of halogens is 3. The minimum Gasteiger partial charge on any atom is -0.494 e. The van der Waals surface area contributed by atoms with Crippen LogP contribution >= 0.6 is 0 Å². The van der Waals surface area contributed by atoms with Crippen molar-refractivity contribution in [3.63, 3.8) is 0 Å². The van der Waals surface area contributed by atoms with Crippen molar-refractivity contribution in [2.75, 3.05) is 6.61 Å². The molecule has 0 unspecified atom stereocenters. The third kappa shape index (κ3) is 3.76. The molecule has 0 amide bonds. The van der Waals surface area contributed by atoms with E-state index in [-0.39, 0.29) is 24.3 Å². The smallest absolute Gasteiger partial charge is 0.417 e. The van der Waals surface area contributed by atoms with Gasteiger partial charge in [-0.2, -0.15) is 18.4 Å². The number of fused-ring (bicyclic) bond motifs is 5. The van der Waals surface area contributed by atoms with Gasteiger partial charge < -0.3 is 24.8 Å². The maximum atomic E-state index is 13.5. The third-order valence-electron chi connectivity index (χ3n) is 7.09. The Balaban J connectivity index is 1.49. The lowest BCUT2D eigenvalue weighted by atomic mass is 9.78. The molecule has 0 spiro atoms. The number of ether oxygens (including phenoxy) is 2. The summed E-state index contributed by atoms with van der Waals surface area (Å²) in [5.41, 5.74) is -3.20. The van der Waals surface area contributed by atoms with E-state index in [9.17, 15) is 28.2 Å². The van der Waals surface area contributed by atoms with Crippen molar-refractivity contribution in [3.05, 3.63) is 70.3 Å². The highest BCUT2D eigenvalue weighted by atomic mass is 19.4. The number of carboxylic acids is 1. The molecule has 37 heavy (non-hydrogen) atoms. The molecular formula is C26H21F3N2O6. The molecule has 2 aromatic carbocycles. The van der Waals surface area contributed by atoms with Gasteiger partial charge in [-0.1, -0.05) is 0 Å². The first-order valence-electron chi connectivity index (χ1n) is 11.4. The van der Waals surface area contributed by atoms with Crippen molar-refractivity contribution in [1.29, 1.82) is 5.26 Å². The van der Waals surface area contributed by atoms with Gasteiger partial charge in [-0.15, -0.1) is 0 Å². The molecule has 2 aliphatic heterocycles. The van der Waals surface area contributed by atoms with Crippen molar-refractivity contribution in [1.82, 2.24) is 4.57 Å². The van der Waals surface area contributed by atoms with Gasteiger partial charge in [0.15, 0.2) is 0 Å². The first-order chi connectivity index (χ1) is 17.4. The quantitative estimate of drug-likeness (QED) is 0.414. The number of carboxylic acid groups (broad SMARTS) is 1. The lowest BCUT2D eigenvalue weighted by molar-refractivity contribution is -0.137. The van der Waals surface area contributed by atoms with E-state index >= 15 is 0 Å². The van der Waals surface area contributed by atoms with Gasteiger partial charge in [0.1, 0.15) is 11.4 Å². The number of rotatable bonds is 6. The Morgan fingerprint density at radius 2 is 1.81 bits per heavy atom. The SMILES string of the molecule is C[C@]12CC[C@](CCOc3ccc(C(=O)O)cc3)(O1)c1c2c(O)n(-c2ccc(C#N)c(C(F)(F)F)c2)c1O. The molecule has 11 heteroatoms. The van der Waals surface area contributed by atoms with Crippen LogP contribution in [0.2, 0.25) is 0 Å². The number of aromatic nitrogens is 1. The van der Waals surface area contributed by atoms with E-state index in [1.54, 1.807) is 6.92 Å². The van der Waals surface area contributed by atoms with Gasteiger partial charge in [-0.25, -0.2) is 4.79 Å². The zero-order valence-corrected chi connectivity index (χ0v) is 19.5. The Labute approximate surface area is 208 Å². The second-order valence-electron chi connectivity index (χ2n) is 9.33. The van der Waals surface area contributed by atoms with Gasteiger partial charge in [0.2, 0.25) is 11.8 Å². The van der Waals surface area contributed by atoms with Gasteiger partial charge in [0.25, 0.3) is 0 Å². The first kappa shape index (κ1) is 24.5. The highest BCUT2D eigenvalue weighted by Crippen LogP contribution is 2.65. The van der Waals surface area contributed by atoms with Crippen molar-refractivity contribution >= 4 is 5.97 Å². The fraction of sp³-hybridized carbons (Fsp3) is 0.308. The number of hydrogen-bond acceptors (Lipinski definition) is 6. The standard InChI is InChI=1S/C26H21F3N2O6/c1-24-8-9-25(37-24,10-11-36-17-6-3-14(4-7-17)23(34)35)20-19(24)21(32)31(22(20)33)16-5-2-15(13-30)18(12-16)26(27,28)29/h2-7,12,32-33H,8-11H2,1H3,(H,34,35)/t24-,25-/m1/s1. The van der Waals surface area contributed by atoms with Crippen molar-refractivity contribution < 1.29 is 42.8 Å². The zero-order valence-electron chi connectivity index (χ0n) is 19.5. The summed E-state index contributed by atoms with van der Waals surface area (Å²) in [4.78, 5) is 11.0. The molecular weight excluding hydrogens is 493 g/mol. The maximum Gasteiger partial charge on any atom is 0.417 e.